The highest BCUT2D eigenvalue weighted by Gasteiger charge is 2.07. The summed E-state index contributed by atoms with van der Waals surface area (Å²) in [7, 11) is 0. The van der Waals surface area contributed by atoms with Gasteiger partial charge in [-0.15, -0.1) is 0 Å². The molecule has 3 heteroatoms. The van der Waals surface area contributed by atoms with Gasteiger partial charge in [0.25, 0.3) is 0 Å². The van der Waals surface area contributed by atoms with Crippen LogP contribution in [0.1, 0.15) is 5.56 Å². The standard InChI is InChI=1S/C13H10ClFO/c1-8-2-5-13(16)10(6-8)9-3-4-12(15)11(14)7-9/h2-7,16H,1H3. The minimum Gasteiger partial charge on any atom is -0.507 e. The molecule has 2 aromatic carbocycles. The molecule has 0 aliphatic rings. The fraction of sp³-hybridized carbons (Fsp3) is 0.0769. The molecule has 0 saturated carbocycles. The van der Waals surface area contributed by atoms with E-state index in [0.29, 0.717) is 11.1 Å². The van der Waals surface area contributed by atoms with Crippen LogP contribution in [-0.4, -0.2) is 5.11 Å². The van der Waals surface area contributed by atoms with Crippen LogP contribution in [0.25, 0.3) is 11.1 Å². The van der Waals surface area contributed by atoms with E-state index in [1.165, 1.54) is 12.1 Å². The maximum absolute atomic E-state index is 13.0. The van der Waals surface area contributed by atoms with Gasteiger partial charge in [0.2, 0.25) is 0 Å². The molecule has 0 aliphatic carbocycles. The molecule has 0 amide bonds. The number of phenolic OH excluding ortho intramolecular Hbond substituents is 1. The van der Waals surface area contributed by atoms with Crippen LogP contribution >= 0.6 is 11.6 Å². The van der Waals surface area contributed by atoms with Crippen molar-refractivity contribution >= 4 is 11.6 Å². The fourth-order valence-electron chi connectivity index (χ4n) is 1.54. The predicted octanol–water partition coefficient (Wildman–Crippen LogP) is 4.16. The van der Waals surface area contributed by atoms with Crippen LogP contribution in [0.5, 0.6) is 5.75 Å². The Morgan fingerprint density at radius 1 is 1.12 bits per heavy atom. The largest absolute Gasteiger partial charge is 0.507 e. The topological polar surface area (TPSA) is 20.2 Å². The van der Waals surface area contributed by atoms with Crippen molar-refractivity contribution in [3.63, 3.8) is 0 Å². The van der Waals surface area contributed by atoms with Crippen LogP contribution in [-0.2, 0) is 0 Å². The van der Waals surface area contributed by atoms with Crippen LogP contribution in [0, 0.1) is 12.7 Å². The number of rotatable bonds is 1. The summed E-state index contributed by atoms with van der Waals surface area (Å²) < 4.78 is 13.0. The lowest BCUT2D eigenvalue weighted by atomic mass is 10.0. The zero-order valence-electron chi connectivity index (χ0n) is 8.67. The van der Waals surface area contributed by atoms with Crippen molar-refractivity contribution in [2.24, 2.45) is 0 Å². The van der Waals surface area contributed by atoms with Gasteiger partial charge in [-0.25, -0.2) is 4.39 Å². The Balaban J connectivity index is 2.58. The molecule has 0 spiro atoms. The van der Waals surface area contributed by atoms with Gasteiger partial charge in [-0.05, 0) is 36.8 Å². The highest BCUT2D eigenvalue weighted by Crippen LogP contribution is 2.32. The molecule has 82 valence electrons. The van der Waals surface area contributed by atoms with Gasteiger partial charge in [-0.3, -0.25) is 0 Å². The molecule has 0 atom stereocenters. The molecule has 2 rings (SSSR count). The lowest BCUT2D eigenvalue weighted by molar-refractivity contribution is 0.477. The zero-order chi connectivity index (χ0) is 11.7. The average molecular weight is 237 g/mol. The molecule has 16 heavy (non-hydrogen) atoms. The molecular weight excluding hydrogens is 227 g/mol. The first-order chi connectivity index (χ1) is 7.58. The van der Waals surface area contributed by atoms with E-state index in [1.54, 1.807) is 12.1 Å². The second-order valence-electron chi connectivity index (χ2n) is 3.65. The summed E-state index contributed by atoms with van der Waals surface area (Å²) in [4.78, 5) is 0. The fourth-order valence-corrected chi connectivity index (χ4v) is 1.73. The van der Waals surface area contributed by atoms with Crippen LogP contribution < -0.4 is 0 Å². The highest BCUT2D eigenvalue weighted by molar-refractivity contribution is 6.31. The van der Waals surface area contributed by atoms with Gasteiger partial charge in [-0.1, -0.05) is 29.3 Å². The average Bonchev–Trinajstić information content (AvgIpc) is 2.26. The van der Waals surface area contributed by atoms with E-state index < -0.39 is 5.82 Å². The maximum Gasteiger partial charge on any atom is 0.141 e. The molecule has 0 fully saturated rings. The third kappa shape index (κ3) is 2.02. The Hall–Kier alpha value is -1.54. The first-order valence-corrected chi connectivity index (χ1v) is 5.21. The van der Waals surface area contributed by atoms with Crippen molar-refractivity contribution in [3.05, 3.63) is 52.8 Å². The molecule has 0 radical (unpaired) electrons. The molecule has 0 unspecified atom stereocenters. The molecule has 0 bridgehead atoms. The van der Waals surface area contributed by atoms with E-state index >= 15 is 0 Å². The molecule has 0 saturated heterocycles. The summed E-state index contributed by atoms with van der Waals surface area (Å²) in [6.07, 6.45) is 0. The van der Waals surface area contributed by atoms with Crippen molar-refractivity contribution in [2.75, 3.05) is 0 Å². The number of hydrogen-bond acceptors (Lipinski definition) is 1. The third-order valence-corrected chi connectivity index (χ3v) is 2.67. The number of phenols is 1. The van der Waals surface area contributed by atoms with Gasteiger partial charge < -0.3 is 5.11 Å². The Kier molecular flexibility index (Phi) is 2.84. The van der Waals surface area contributed by atoms with Crippen molar-refractivity contribution in [2.45, 2.75) is 6.92 Å². The van der Waals surface area contributed by atoms with Gasteiger partial charge >= 0.3 is 0 Å². The molecule has 0 heterocycles. The monoisotopic (exact) mass is 236 g/mol. The lowest BCUT2D eigenvalue weighted by Crippen LogP contribution is -1.83. The van der Waals surface area contributed by atoms with Crippen LogP contribution in [0.2, 0.25) is 5.02 Å². The summed E-state index contributed by atoms with van der Waals surface area (Å²) in [5.41, 5.74) is 2.38. The minimum atomic E-state index is -0.461. The molecule has 1 nitrogen and oxygen atoms in total. The maximum atomic E-state index is 13.0. The normalized spacial score (nSPS) is 10.4. The second-order valence-corrected chi connectivity index (χ2v) is 4.06. The first kappa shape index (κ1) is 11.0. The van der Waals surface area contributed by atoms with Gasteiger partial charge in [0.05, 0.1) is 5.02 Å². The summed E-state index contributed by atoms with van der Waals surface area (Å²) in [5, 5.41) is 9.77. The van der Waals surface area contributed by atoms with Crippen molar-refractivity contribution < 1.29 is 9.50 Å². The van der Waals surface area contributed by atoms with Crippen LogP contribution in [0.3, 0.4) is 0 Å². The molecule has 1 N–H and O–H groups in total. The summed E-state index contributed by atoms with van der Waals surface area (Å²) in [5.74, 6) is -0.300. The summed E-state index contributed by atoms with van der Waals surface area (Å²) in [6, 6.07) is 9.64. The number of halogens is 2. The predicted molar refractivity (Wildman–Crippen MR) is 63.2 cm³/mol. The Labute approximate surface area is 98.1 Å². The van der Waals surface area contributed by atoms with E-state index in [0.717, 1.165) is 5.56 Å². The number of hydrogen-bond donors (Lipinski definition) is 1. The lowest BCUT2D eigenvalue weighted by Gasteiger charge is -2.06. The Morgan fingerprint density at radius 2 is 1.88 bits per heavy atom. The van der Waals surface area contributed by atoms with Crippen LogP contribution in [0.4, 0.5) is 4.39 Å². The van der Waals surface area contributed by atoms with Crippen molar-refractivity contribution in [1.29, 1.82) is 0 Å². The minimum absolute atomic E-state index is 0.0541. The van der Waals surface area contributed by atoms with Gasteiger partial charge in [0, 0.05) is 5.56 Å². The smallest absolute Gasteiger partial charge is 0.141 e. The molecule has 0 aromatic heterocycles. The highest BCUT2D eigenvalue weighted by atomic mass is 35.5. The second kappa shape index (κ2) is 4.14. The van der Waals surface area contributed by atoms with E-state index in [1.807, 2.05) is 19.1 Å². The van der Waals surface area contributed by atoms with E-state index in [4.69, 9.17) is 11.6 Å². The zero-order valence-corrected chi connectivity index (χ0v) is 9.42. The number of benzene rings is 2. The van der Waals surface area contributed by atoms with Crippen molar-refractivity contribution in [1.82, 2.24) is 0 Å². The number of aromatic hydroxyl groups is 1. The van der Waals surface area contributed by atoms with Crippen molar-refractivity contribution in [3.8, 4) is 16.9 Å². The van der Waals surface area contributed by atoms with Gasteiger partial charge in [0.1, 0.15) is 11.6 Å². The number of aryl methyl sites for hydroxylation is 1. The first-order valence-electron chi connectivity index (χ1n) is 4.83. The van der Waals surface area contributed by atoms with E-state index in [2.05, 4.69) is 0 Å². The SMILES string of the molecule is Cc1ccc(O)c(-c2ccc(F)c(Cl)c2)c1. The third-order valence-electron chi connectivity index (χ3n) is 2.38. The Bertz CT molecular complexity index is 537. The van der Waals surface area contributed by atoms with Gasteiger partial charge in [-0.2, -0.15) is 0 Å². The van der Waals surface area contributed by atoms with Crippen LogP contribution in [0.15, 0.2) is 36.4 Å². The Morgan fingerprint density at radius 3 is 2.56 bits per heavy atom. The quantitative estimate of drug-likeness (QED) is 0.788. The van der Waals surface area contributed by atoms with E-state index in [-0.39, 0.29) is 10.8 Å². The summed E-state index contributed by atoms with van der Waals surface area (Å²) in [6.45, 7) is 1.92. The van der Waals surface area contributed by atoms with Gasteiger partial charge in [0.15, 0.2) is 0 Å². The molecule has 0 aliphatic heterocycles. The van der Waals surface area contributed by atoms with E-state index in [9.17, 15) is 9.50 Å². The summed E-state index contributed by atoms with van der Waals surface area (Å²) >= 11 is 5.70. The molecule has 2 aromatic rings. The molecular formula is C13H10ClFO.